The molecule has 2 rings (SSSR count). The largest absolute Gasteiger partial charge is 0.481 e. The van der Waals surface area contributed by atoms with Crippen LogP contribution in [0.1, 0.15) is 28.2 Å². The Labute approximate surface area is 146 Å². The molecule has 0 spiro atoms. The summed E-state index contributed by atoms with van der Waals surface area (Å²) in [6.07, 6.45) is 0.614. The molecular weight excluding hydrogens is 346 g/mol. The lowest BCUT2D eigenvalue weighted by atomic mass is 10.0. The first-order chi connectivity index (χ1) is 11.3. The number of nitrogens with one attached hydrogen (secondary N) is 1. The summed E-state index contributed by atoms with van der Waals surface area (Å²) in [4.78, 5) is 12.8. The summed E-state index contributed by atoms with van der Waals surface area (Å²) < 4.78 is 28.0. The smallest absolute Gasteiger partial charge is 0.303 e. The Kier molecular flexibility index (Phi) is 6.15. The SMILES string of the molecule is Cc1cc(S(=O)(=O)NC(CCC(=O)O)Cc2ccccc2)c(C)s1. The number of hydrogen-bond donors (Lipinski definition) is 2. The van der Waals surface area contributed by atoms with Crippen LogP contribution < -0.4 is 4.72 Å². The van der Waals surface area contributed by atoms with Gasteiger partial charge in [-0.05, 0) is 38.3 Å². The van der Waals surface area contributed by atoms with Crippen LogP contribution in [0.5, 0.6) is 0 Å². The summed E-state index contributed by atoms with van der Waals surface area (Å²) >= 11 is 1.43. The molecule has 0 fully saturated rings. The number of carbonyl (C=O) groups is 1. The van der Waals surface area contributed by atoms with E-state index in [2.05, 4.69) is 4.72 Å². The van der Waals surface area contributed by atoms with Crippen molar-refractivity contribution in [2.45, 2.75) is 44.0 Å². The second-order valence-electron chi connectivity index (χ2n) is 5.72. The average Bonchev–Trinajstić information content (AvgIpc) is 2.85. The highest BCUT2D eigenvalue weighted by Crippen LogP contribution is 2.25. The molecule has 0 radical (unpaired) electrons. The lowest BCUT2D eigenvalue weighted by Crippen LogP contribution is -2.37. The van der Waals surface area contributed by atoms with E-state index >= 15 is 0 Å². The minimum atomic E-state index is -3.67. The molecule has 0 aliphatic heterocycles. The Morgan fingerprint density at radius 1 is 1.25 bits per heavy atom. The van der Waals surface area contributed by atoms with E-state index in [0.717, 1.165) is 15.3 Å². The maximum atomic E-state index is 12.7. The topological polar surface area (TPSA) is 83.5 Å². The van der Waals surface area contributed by atoms with E-state index in [9.17, 15) is 13.2 Å². The zero-order valence-corrected chi connectivity index (χ0v) is 15.3. The zero-order chi connectivity index (χ0) is 17.7. The van der Waals surface area contributed by atoms with Crippen LogP contribution in [0.4, 0.5) is 0 Å². The molecule has 1 aromatic carbocycles. The van der Waals surface area contributed by atoms with Crippen LogP contribution >= 0.6 is 11.3 Å². The molecule has 1 aromatic heterocycles. The summed E-state index contributed by atoms with van der Waals surface area (Å²) in [7, 11) is -3.67. The number of rotatable bonds is 8. The fraction of sp³-hybridized carbons (Fsp3) is 0.353. The molecule has 130 valence electrons. The van der Waals surface area contributed by atoms with Crippen molar-refractivity contribution in [2.75, 3.05) is 0 Å². The van der Waals surface area contributed by atoms with E-state index in [1.807, 2.05) is 37.3 Å². The molecule has 0 aliphatic rings. The van der Waals surface area contributed by atoms with Crippen LogP contribution in [0.3, 0.4) is 0 Å². The number of carboxylic acids is 1. The molecule has 0 saturated heterocycles. The summed E-state index contributed by atoms with van der Waals surface area (Å²) in [5, 5.41) is 8.92. The van der Waals surface area contributed by atoms with Crippen LogP contribution in [0, 0.1) is 13.8 Å². The van der Waals surface area contributed by atoms with Crippen molar-refractivity contribution < 1.29 is 18.3 Å². The van der Waals surface area contributed by atoms with E-state index in [0.29, 0.717) is 6.42 Å². The van der Waals surface area contributed by atoms with Crippen molar-refractivity contribution in [3.8, 4) is 0 Å². The Bertz CT molecular complexity index is 797. The minimum absolute atomic E-state index is 0.0817. The molecule has 0 bridgehead atoms. The summed E-state index contributed by atoms with van der Waals surface area (Å²) in [5.41, 5.74) is 0.966. The maximum Gasteiger partial charge on any atom is 0.303 e. The third-order valence-corrected chi connectivity index (χ3v) is 6.38. The number of aryl methyl sites for hydroxylation is 2. The van der Waals surface area contributed by atoms with Gasteiger partial charge in [0.1, 0.15) is 0 Å². The lowest BCUT2D eigenvalue weighted by Gasteiger charge is -2.18. The molecule has 0 saturated carbocycles. The van der Waals surface area contributed by atoms with Crippen molar-refractivity contribution in [2.24, 2.45) is 0 Å². The summed E-state index contributed by atoms with van der Waals surface area (Å²) in [6.45, 7) is 3.64. The van der Waals surface area contributed by atoms with Crippen LogP contribution in [0.15, 0.2) is 41.3 Å². The molecule has 5 nitrogen and oxygen atoms in total. The zero-order valence-electron chi connectivity index (χ0n) is 13.7. The Hall–Kier alpha value is -1.70. The third-order valence-electron chi connectivity index (χ3n) is 3.64. The highest BCUT2D eigenvalue weighted by molar-refractivity contribution is 7.89. The van der Waals surface area contributed by atoms with Gasteiger partial charge in [0.15, 0.2) is 0 Å². The monoisotopic (exact) mass is 367 g/mol. The Morgan fingerprint density at radius 2 is 1.92 bits per heavy atom. The van der Waals surface area contributed by atoms with Gasteiger partial charge in [0.05, 0.1) is 4.90 Å². The van der Waals surface area contributed by atoms with Gasteiger partial charge in [-0.2, -0.15) is 0 Å². The molecule has 24 heavy (non-hydrogen) atoms. The van der Waals surface area contributed by atoms with Crippen molar-refractivity contribution in [3.63, 3.8) is 0 Å². The van der Waals surface area contributed by atoms with Gasteiger partial charge < -0.3 is 5.11 Å². The van der Waals surface area contributed by atoms with E-state index in [4.69, 9.17) is 5.11 Å². The molecule has 1 heterocycles. The van der Waals surface area contributed by atoms with Gasteiger partial charge >= 0.3 is 5.97 Å². The van der Waals surface area contributed by atoms with Crippen molar-refractivity contribution in [1.29, 1.82) is 0 Å². The predicted octanol–water partition coefficient (Wildman–Crippen LogP) is 3.12. The Balaban J connectivity index is 2.20. The number of thiophene rings is 1. The van der Waals surface area contributed by atoms with Crippen molar-refractivity contribution in [1.82, 2.24) is 4.72 Å². The standard InChI is InChI=1S/C17H21NO4S2/c1-12-10-16(13(2)23-12)24(21,22)18-15(8-9-17(19)20)11-14-6-4-3-5-7-14/h3-7,10,15,18H,8-9,11H2,1-2H3,(H,19,20). The number of carboxylic acid groups (broad SMARTS) is 1. The quantitative estimate of drug-likeness (QED) is 0.751. The fourth-order valence-electron chi connectivity index (χ4n) is 2.56. The molecule has 2 N–H and O–H groups in total. The lowest BCUT2D eigenvalue weighted by molar-refractivity contribution is -0.137. The number of benzene rings is 1. The van der Waals surface area contributed by atoms with Gasteiger partial charge in [-0.15, -0.1) is 11.3 Å². The normalized spacial score (nSPS) is 12.9. The van der Waals surface area contributed by atoms with E-state index < -0.39 is 22.0 Å². The number of aliphatic carboxylic acids is 1. The molecule has 0 amide bonds. The second kappa shape index (κ2) is 7.92. The first-order valence-electron chi connectivity index (χ1n) is 7.63. The molecule has 2 aromatic rings. The highest BCUT2D eigenvalue weighted by Gasteiger charge is 2.24. The van der Waals surface area contributed by atoms with Gasteiger partial charge in [-0.25, -0.2) is 13.1 Å². The van der Waals surface area contributed by atoms with Gasteiger partial charge in [-0.3, -0.25) is 4.79 Å². The van der Waals surface area contributed by atoms with Gasteiger partial charge in [0, 0.05) is 22.2 Å². The second-order valence-corrected chi connectivity index (χ2v) is 8.86. The molecule has 1 unspecified atom stereocenters. The highest BCUT2D eigenvalue weighted by atomic mass is 32.2. The first-order valence-corrected chi connectivity index (χ1v) is 9.93. The average molecular weight is 367 g/mol. The molecule has 7 heteroatoms. The fourth-order valence-corrected chi connectivity index (χ4v) is 5.38. The van der Waals surface area contributed by atoms with Crippen LogP contribution in [-0.4, -0.2) is 25.5 Å². The number of hydrogen-bond acceptors (Lipinski definition) is 4. The van der Waals surface area contributed by atoms with E-state index in [1.165, 1.54) is 11.3 Å². The first kappa shape index (κ1) is 18.6. The van der Waals surface area contributed by atoms with Gasteiger partial charge in [-0.1, -0.05) is 30.3 Å². The molecular formula is C17H21NO4S2. The van der Waals surface area contributed by atoms with Crippen molar-refractivity contribution >= 4 is 27.3 Å². The maximum absolute atomic E-state index is 12.7. The van der Waals surface area contributed by atoms with Crippen LogP contribution in [-0.2, 0) is 21.2 Å². The van der Waals surface area contributed by atoms with Gasteiger partial charge in [0.25, 0.3) is 0 Å². The predicted molar refractivity (Wildman–Crippen MR) is 94.9 cm³/mol. The Morgan fingerprint density at radius 3 is 2.46 bits per heavy atom. The van der Waals surface area contributed by atoms with E-state index in [-0.39, 0.29) is 17.7 Å². The van der Waals surface area contributed by atoms with E-state index in [1.54, 1.807) is 13.0 Å². The van der Waals surface area contributed by atoms with Crippen LogP contribution in [0.25, 0.3) is 0 Å². The molecule has 1 atom stereocenters. The summed E-state index contributed by atoms with van der Waals surface area (Å²) in [6, 6.07) is 10.6. The minimum Gasteiger partial charge on any atom is -0.481 e. The number of sulfonamides is 1. The summed E-state index contributed by atoms with van der Waals surface area (Å²) in [5.74, 6) is -0.935. The third kappa shape index (κ3) is 5.15. The van der Waals surface area contributed by atoms with Crippen molar-refractivity contribution in [3.05, 3.63) is 51.7 Å². The van der Waals surface area contributed by atoms with Gasteiger partial charge in [0.2, 0.25) is 10.0 Å². The van der Waals surface area contributed by atoms with Crippen LogP contribution in [0.2, 0.25) is 0 Å². The molecule has 0 aliphatic carbocycles.